The molecule has 1 aromatic carbocycles. The van der Waals surface area contributed by atoms with Crippen LogP contribution in [0.3, 0.4) is 0 Å². The highest BCUT2D eigenvalue weighted by atomic mass is 16.7. The number of rotatable bonds is 2. The van der Waals surface area contributed by atoms with Crippen molar-refractivity contribution in [2.75, 3.05) is 0 Å². The van der Waals surface area contributed by atoms with Gasteiger partial charge in [-0.3, -0.25) is 4.98 Å². The highest BCUT2D eigenvalue weighted by Crippen LogP contribution is 2.36. The summed E-state index contributed by atoms with van der Waals surface area (Å²) in [6.07, 6.45) is 3.97. The lowest BCUT2D eigenvalue weighted by atomic mass is 9.78. The average Bonchev–Trinajstić information content (AvgIpc) is 3.06. The van der Waals surface area contributed by atoms with Gasteiger partial charge in [-0.1, -0.05) is 12.1 Å². The Kier molecular flexibility index (Phi) is 3.57. The van der Waals surface area contributed by atoms with E-state index in [2.05, 4.69) is 73.8 Å². The monoisotopic (exact) mass is 334 g/mol. The van der Waals surface area contributed by atoms with E-state index in [9.17, 15) is 0 Å². The first-order valence-corrected chi connectivity index (χ1v) is 8.66. The van der Waals surface area contributed by atoms with Crippen LogP contribution in [0.4, 0.5) is 0 Å². The van der Waals surface area contributed by atoms with Gasteiger partial charge >= 0.3 is 7.12 Å². The third-order valence-corrected chi connectivity index (χ3v) is 5.41. The number of fused-ring (bicyclic) bond motifs is 1. The van der Waals surface area contributed by atoms with Gasteiger partial charge in [-0.15, -0.1) is 0 Å². The quantitative estimate of drug-likeness (QED) is 0.672. The predicted octanol–water partition coefficient (Wildman–Crippen LogP) is 3.63. The summed E-state index contributed by atoms with van der Waals surface area (Å²) in [4.78, 5) is 4.39. The summed E-state index contributed by atoms with van der Waals surface area (Å²) in [6, 6.07) is 12.6. The van der Waals surface area contributed by atoms with E-state index in [4.69, 9.17) is 9.31 Å². The smallest absolute Gasteiger partial charge is 0.399 e. The summed E-state index contributed by atoms with van der Waals surface area (Å²) in [7, 11) is -0.334. The van der Waals surface area contributed by atoms with Crippen molar-refractivity contribution < 1.29 is 9.31 Å². The van der Waals surface area contributed by atoms with Gasteiger partial charge in [-0.05, 0) is 69.7 Å². The lowest BCUT2D eigenvalue weighted by molar-refractivity contribution is 0.00578. The number of hydrogen-bond acceptors (Lipinski definition) is 3. The molecule has 0 radical (unpaired) electrons. The zero-order valence-corrected chi connectivity index (χ0v) is 15.4. The Balaban J connectivity index is 1.70. The lowest BCUT2D eigenvalue weighted by Crippen LogP contribution is -2.41. The SMILES string of the molecule is Cc1ccc(-n2ccc3cc(B4OC(C)(C)C(C)(C)O4)ccc32)cn1. The fraction of sp³-hybridized carbons (Fsp3) is 0.350. The minimum Gasteiger partial charge on any atom is -0.399 e. The van der Waals surface area contributed by atoms with E-state index in [1.807, 2.05) is 19.2 Å². The van der Waals surface area contributed by atoms with E-state index in [1.54, 1.807) is 0 Å². The highest BCUT2D eigenvalue weighted by molar-refractivity contribution is 6.62. The zero-order valence-electron chi connectivity index (χ0n) is 15.4. The summed E-state index contributed by atoms with van der Waals surface area (Å²) < 4.78 is 14.5. The molecule has 4 nitrogen and oxygen atoms in total. The molecule has 0 unspecified atom stereocenters. The van der Waals surface area contributed by atoms with Crippen LogP contribution in [-0.2, 0) is 9.31 Å². The van der Waals surface area contributed by atoms with Gasteiger partial charge in [0.2, 0.25) is 0 Å². The maximum atomic E-state index is 6.16. The largest absolute Gasteiger partial charge is 0.494 e. The van der Waals surface area contributed by atoms with Crippen molar-refractivity contribution in [3.63, 3.8) is 0 Å². The Bertz CT molecular complexity index is 913. The normalized spacial score (nSPS) is 18.8. The maximum absolute atomic E-state index is 6.16. The van der Waals surface area contributed by atoms with Crippen molar-refractivity contribution in [2.24, 2.45) is 0 Å². The van der Waals surface area contributed by atoms with E-state index >= 15 is 0 Å². The van der Waals surface area contributed by atoms with E-state index in [0.717, 1.165) is 27.7 Å². The third-order valence-electron chi connectivity index (χ3n) is 5.41. The predicted molar refractivity (Wildman–Crippen MR) is 102 cm³/mol. The van der Waals surface area contributed by atoms with Gasteiger partial charge in [0.1, 0.15) is 0 Å². The molecule has 2 aromatic heterocycles. The second-order valence-electron chi connectivity index (χ2n) is 7.75. The van der Waals surface area contributed by atoms with Crippen molar-refractivity contribution >= 4 is 23.5 Å². The molecule has 0 bridgehead atoms. The Morgan fingerprint density at radius 2 is 1.68 bits per heavy atom. The zero-order chi connectivity index (χ0) is 17.8. The molecule has 3 heterocycles. The number of benzene rings is 1. The van der Waals surface area contributed by atoms with E-state index < -0.39 is 0 Å². The van der Waals surface area contributed by atoms with Crippen LogP contribution < -0.4 is 5.46 Å². The van der Waals surface area contributed by atoms with Crippen LogP contribution in [0.1, 0.15) is 33.4 Å². The van der Waals surface area contributed by atoms with Gasteiger partial charge in [0.25, 0.3) is 0 Å². The molecule has 0 atom stereocenters. The van der Waals surface area contributed by atoms with Gasteiger partial charge in [0, 0.05) is 11.9 Å². The molecule has 1 aliphatic rings. The second-order valence-corrected chi connectivity index (χ2v) is 7.75. The Hall–Kier alpha value is -2.11. The minimum atomic E-state index is -0.334. The Morgan fingerprint density at radius 1 is 0.960 bits per heavy atom. The van der Waals surface area contributed by atoms with Crippen LogP contribution in [0.5, 0.6) is 0 Å². The lowest BCUT2D eigenvalue weighted by Gasteiger charge is -2.32. The summed E-state index contributed by atoms with van der Waals surface area (Å²) in [5, 5.41) is 1.16. The van der Waals surface area contributed by atoms with E-state index in [1.165, 1.54) is 0 Å². The van der Waals surface area contributed by atoms with Crippen molar-refractivity contribution in [3.05, 3.63) is 54.5 Å². The molecule has 0 N–H and O–H groups in total. The summed E-state index contributed by atoms with van der Waals surface area (Å²) in [6.45, 7) is 10.3. The van der Waals surface area contributed by atoms with Crippen LogP contribution in [-0.4, -0.2) is 27.9 Å². The van der Waals surface area contributed by atoms with Crippen LogP contribution in [0, 0.1) is 6.92 Å². The van der Waals surface area contributed by atoms with Gasteiger partial charge < -0.3 is 13.9 Å². The van der Waals surface area contributed by atoms with Gasteiger partial charge in [-0.2, -0.15) is 0 Å². The van der Waals surface area contributed by atoms with Crippen molar-refractivity contribution in [1.82, 2.24) is 9.55 Å². The molecule has 1 saturated heterocycles. The van der Waals surface area contributed by atoms with Crippen molar-refractivity contribution in [2.45, 2.75) is 45.8 Å². The molecule has 0 aliphatic carbocycles. The first-order chi connectivity index (χ1) is 11.8. The van der Waals surface area contributed by atoms with Gasteiger partial charge in [0.05, 0.1) is 28.6 Å². The molecule has 4 rings (SSSR count). The molecular weight excluding hydrogens is 311 g/mol. The number of hydrogen-bond donors (Lipinski definition) is 0. The molecule has 1 aliphatic heterocycles. The molecule has 0 amide bonds. The first kappa shape index (κ1) is 16.4. The summed E-state index contributed by atoms with van der Waals surface area (Å²) >= 11 is 0. The minimum absolute atomic E-state index is 0.327. The molecule has 3 aromatic rings. The molecule has 5 heteroatoms. The fourth-order valence-corrected chi connectivity index (χ4v) is 3.11. The number of nitrogens with zero attached hydrogens (tertiary/aromatic N) is 2. The van der Waals surface area contributed by atoms with Crippen LogP contribution >= 0.6 is 0 Å². The Morgan fingerprint density at radius 3 is 2.32 bits per heavy atom. The topological polar surface area (TPSA) is 36.3 Å². The van der Waals surface area contributed by atoms with Gasteiger partial charge in [0.15, 0.2) is 0 Å². The fourth-order valence-electron chi connectivity index (χ4n) is 3.11. The number of pyridine rings is 1. The number of aromatic nitrogens is 2. The molecular formula is C20H23BN2O2. The molecule has 0 spiro atoms. The molecule has 25 heavy (non-hydrogen) atoms. The average molecular weight is 334 g/mol. The third kappa shape index (κ3) is 2.68. The van der Waals surface area contributed by atoms with Crippen LogP contribution in [0.2, 0.25) is 0 Å². The summed E-state index contributed by atoms with van der Waals surface area (Å²) in [5.41, 5.74) is 3.61. The first-order valence-electron chi connectivity index (χ1n) is 8.66. The van der Waals surface area contributed by atoms with E-state index in [0.29, 0.717) is 0 Å². The number of aryl methyl sites for hydroxylation is 1. The molecule has 1 fully saturated rings. The maximum Gasteiger partial charge on any atom is 0.494 e. The highest BCUT2D eigenvalue weighted by Gasteiger charge is 2.51. The van der Waals surface area contributed by atoms with E-state index in [-0.39, 0.29) is 18.3 Å². The Labute approximate surface area is 148 Å². The second kappa shape index (κ2) is 5.45. The summed E-state index contributed by atoms with van der Waals surface area (Å²) in [5.74, 6) is 0. The van der Waals surface area contributed by atoms with Crippen LogP contribution in [0.25, 0.3) is 16.6 Å². The standard InChI is InChI=1S/C20H23BN2O2/c1-14-6-8-17(13-22-14)23-11-10-15-12-16(7-9-18(15)23)21-24-19(2,3)20(4,5)25-21/h6-13H,1-5H3. The molecule has 128 valence electrons. The van der Waals surface area contributed by atoms with Crippen molar-refractivity contribution in [3.8, 4) is 5.69 Å². The molecule has 0 saturated carbocycles. The van der Waals surface area contributed by atoms with Crippen molar-refractivity contribution in [1.29, 1.82) is 0 Å². The van der Waals surface area contributed by atoms with Gasteiger partial charge in [-0.25, -0.2) is 0 Å². The van der Waals surface area contributed by atoms with Crippen LogP contribution in [0.15, 0.2) is 48.8 Å².